The Bertz CT molecular complexity index is 1830. The molecule has 256 valence electrons. The molecule has 0 bridgehead atoms. The maximum atomic E-state index is 14.8. The summed E-state index contributed by atoms with van der Waals surface area (Å²) in [5.41, 5.74) is 2.68. The number of hydrogen-bond donors (Lipinski definition) is 2. The van der Waals surface area contributed by atoms with Gasteiger partial charge < -0.3 is 29.0 Å². The number of alkyl halides is 3. The lowest BCUT2D eigenvalue weighted by atomic mass is 9.88. The van der Waals surface area contributed by atoms with E-state index in [-0.39, 0.29) is 11.5 Å². The minimum Gasteiger partial charge on any atom is -0.478 e. The number of para-hydroxylation sites is 1. The van der Waals surface area contributed by atoms with Crippen molar-refractivity contribution in [3.63, 3.8) is 0 Å². The van der Waals surface area contributed by atoms with E-state index in [2.05, 4.69) is 16.0 Å². The first-order chi connectivity index (χ1) is 22.7. The highest BCUT2D eigenvalue weighted by atomic mass is 35.5. The first-order valence-electron chi connectivity index (χ1n) is 14.8. The lowest BCUT2D eigenvalue weighted by Gasteiger charge is -2.32. The largest absolute Gasteiger partial charge is 0.490 e. The molecule has 0 radical (unpaired) electrons. The average Bonchev–Trinajstić information content (AvgIpc) is 3.56. The van der Waals surface area contributed by atoms with E-state index >= 15 is 0 Å². The van der Waals surface area contributed by atoms with Crippen molar-refractivity contribution < 1.29 is 51.6 Å². The lowest BCUT2D eigenvalue weighted by molar-refractivity contribution is -0.192. The van der Waals surface area contributed by atoms with Gasteiger partial charge in [-0.2, -0.15) is 13.2 Å². The number of nitrogens with zero attached hydrogens (tertiary/aromatic N) is 4. The van der Waals surface area contributed by atoms with Gasteiger partial charge in [-0.1, -0.05) is 23.7 Å². The van der Waals surface area contributed by atoms with Gasteiger partial charge in [0, 0.05) is 37.4 Å². The molecule has 1 fully saturated rings. The molecule has 2 N–H and O–H groups in total. The highest BCUT2D eigenvalue weighted by molar-refractivity contribution is 6.30. The number of aromatic carboxylic acids is 1. The van der Waals surface area contributed by atoms with Crippen LogP contribution < -0.4 is 9.47 Å². The van der Waals surface area contributed by atoms with E-state index in [1.54, 1.807) is 32.2 Å². The van der Waals surface area contributed by atoms with Crippen LogP contribution in [0.1, 0.15) is 53.0 Å². The molecular formula is C32H31ClF4N4O7. The second-order valence-corrected chi connectivity index (χ2v) is 11.8. The van der Waals surface area contributed by atoms with E-state index < -0.39 is 29.7 Å². The lowest BCUT2D eigenvalue weighted by Crippen LogP contribution is -2.34. The second-order valence-electron chi connectivity index (χ2n) is 11.3. The number of methoxy groups -OCH3 is 1. The van der Waals surface area contributed by atoms with Gasteiger partial charge in [0.25, 0.3) is 5.79 Å². The number of hydrogen-bond acceptors (Lipinski definition) is 8. The number of aromatic nitrogens is 3. The Morgan fingerprint density at radius 3 is 2.46 bits per heavy atom. The van der Waals surface area contributed by atoms with Crippen molar-refractivity contribution in [2.24, 2.45) is 0 Å². The molecule has 2 aliphatic rings. The fraction of sp³-hybridized carbons (Fsp3) is 0.375. The zero-order chi connectivity index (χ0) is 34.8. The molecule has 48 heavy (non-hydrogen) atoms. The van der Waals surface area contributed by atoms with Crippen LogP contribution in [0.15, 0.2) is 48.7 Å². The van der Waals surface area contributed by atoms with E-state index in [9.17, 15) is 27.5 Å². The predicted molar refractivity (Wildman–Crippen MR) is 164 cm³/mol. The number of piperidine rings is 1. The highest BCUT2D eigenvalue weighted by Crippen LogP contribution is 2.49. The minimum atomic E-state index is -5.08. The molecule has 4 aromatic rings. The summed E-state index contributed by atoms with van der Waals surface area (Å²) in [5.74, 6) is -3.22. The molecule has 0 aliphatic carbocycles. The topological polar surface area (TPSA) is 136 Å². The standard InChI is InChI=1S/C30H30ClFN4O5.C2HF3O2/c1-30(22-7-6-20(31)15-23(22)32)40-25-5-3-4-21(27(25)41-30)18-8-10-35(11-9-18)17-26-34-28-24(36(26)12-13-39-2)14-19(16-33-28)29(37)38;3-2(4,5)1(6)7/h3-7,14-16,18H,8-13,17H2,1-2H3,(H,37,38);(H,6,7). The van der Waals surface area contributed by atoms with Crippen molar-refractivity contribution in [1.29, 1.82) is 0 Å². The first-order valence-corrected chi connectivity index (χ1v) is 15.1. The molecule has 2 aromatic carbocycles. The molecule has 2 aromatic heterocycles. The van der Waals surface area contributed by atoms with Gasteiger partial charge in [-0.25, -0.2) is 23.9 Å². The summed E-state index contributed by atoms with van der Waals surface area (Å²) in [5, 5.41) is 16.9. The van der Waals surface area contributed by atoms with Crippen molar-refractivity contribution in [1.82, 2.24) is 19.4 Å². The van der Waals surface area contributed by atoms with Crippen LogP contribution in [-0.2, 0) is 28.4 Å². The van der Waals surface area contributed by atoms with E-state index in [1.165, 1.54) is 12.3 Å². The molecule has 0 amide bonds. The highest BCUT2D eigenvalue weighted by Gasteiger charge is 2.43. The van der Waals surface area contributed by atoms with E-state index in [4.69, 9.17) is 40.7 Å². The fourth-order valence-corrected chi connectivity index (χ4v) is 5.92. The van der Waals surface area contributed by atoms with Gasteiger partial charge >= 0.3 is 18.1 Å². The zero-order valence-electron chi connectivity index (χ0n) is 25.8. The van der Waals surface area contributed by atoms with Crippen LogP contribution >= 0.6 is 11.6 Å². The third kappa shape index (κ3) is 7.48. The monoisotopic (exact) mass is 694 g/mol. The van der Waals surface area contributed by atoms with Crippen LogP contribution in [0.3, 0.4) is 0 Å². The number of halogens is 5. The maximum Gasteiger partial charge on any atom is 0.490 e. The number of pyridine rings is 1. The third-order valence-electron chi connectivity index (χ3n) is 8.12. The summed E-state index contributed by atoms with van der Waals surface area (Å²) in [6.45, 7) is 5.01. The summed E-state index contributed by atoms with van der Waals surface area (Å²) >= 11 is 5.96. The molecule has 11 nitrogen and oxygen atoms in total. The minimum absolute atomic E-state index is 0.125. The van der Waals surface area contributed by atoms with E-state index in [0.717, 1.165) is 37.3 Å². The summed E-state index contributed by atoms with van der Waals surface area (Å²) < 4.78 is 66.3. The van der Waals surface area contributed by atoms with Crippen molar-refractivity contribution in [3.8, 4) is 11.5 Å². The van der Waals surface area contributed by atoms with Gasteiger partial charge in [0.15, 0.2) is 17.1 Å². The summed E-state index contributed by atoms with van der Waals surface area (Å²) in [4.78, 5) is 31.8. The molecule has 1 unspecified atom stereocenters. The van der Waals surface area contributed by atoms with Crippen LogP contribution in [0, 0.1) is 5.82 Å². The van der Waals surface area contributed by atoms with Crippen molar-refractivity contribution >= 4 is 34.7 Å². The van der Waals surface area contributed by atoms with Gasteiger partial charge in [0.05, 0.1) is 29.8 Å². The Labute approximate surface area is 276 Å². The molecule has 4 heterocycles. The normalized spacial score (nSPS) is 18.1. The number of aliphatic carboxylic acids is 1. The quantitative estimate of drug-likeness (QED) is 0.205. The number of carboxylic acid groups (broad SMARTS) is 2. The Morgan fingerprint density at radius 2 is 1.83 bits per heavy atom. The zero-order valence-corrected chi connectivity index (χ0v) is 26.5. The molecule has 0 saturated carbocycles. The molecule has 0 spiro atoms. The summed E-state index contributed by atoms with van der Waals surface area (Å²) in [6.07, 6.45) is -1.96. The average molecular weight is 695 g/mol. The number of likely N-dealkylation sites (tertiary alicyclic amines) is 1. The molecule has 1 atom stereocenters. The number of rotatable bonds is 8. The molecule has 1 saturated heterocycles. The van der Waals surface area contributed by atoms with E-state index in [0.29, 0.717) is 52.9 Å². The number of ether oxygens (including phenoxy) is 3. The van der Waals surface area contributed by atoms with Crippen LogP contribution in [-0.4, -0.2) is 74.6 Å². The van der Waals surface area contributed by atoms with Gasteiger partial charge in [0.2, 0.25) is 0 Å². The van der Waals surface area contributed by atoms with Crippen molar-refractivity contribution in [2.45, 2.75) is 50.7 Å². The smallest absolute Gasteiger partial charge is 0.478 e. The first kappa shape index (κ1) is 34.9. The number of fused-ring (bicyclic) bond motifs is 2. The van der Waals surface area contributed by atoms with Gasteiger partial charge in [-0.05, 0) is 62.2 Å². The van der Waals surface area contributed by atoms with Gasteiger partial charge in [-0.3, -0.25) is 4.90 Å². The van der Waals surface area contributed by atoms with Gasteiger partial charge in [-0.15, -0.1) is 0 Å². The molecule has 16 heteroatoms. The SMILES string of the molecule is COCCn1c(CN2CCC(c3cccc4c3OC(C)(c3ccc(Cl)cc3F)O4)CC2)nc2ncc(C(=O)O)cc21.O=C(O)C(F)(F)F. The Kier molecular flexibility index (Phi) is 10.1. The number of carbonyl (C=O) groups is 2. The van der Waals surface area contributed by atoms with Crippen LogP contribution in [0.2, 0.25) is 5.02 Å². The third-order valence-corrected chi connectivity index (χ3v) is 8.35. The fourth-order valence-electron chi connectivity index (χ4n) is 5.76. The van der Waals surface area contributed by atoms with Crippen molar-refractivity contribution in [2.75, 3.05) is 26.8 Å². The van der Waals surface area contributed by atoms with Crippen LogP contribution in [0.5, 0.6) is 11.5 Å². The van der Waals surface area contributed by atoms with Crippen molar-refractivity contribution in [3.05, 3.63) is 82.0 Å². The summed E-state index contributed by atoms with van der Waals surface area (Å²) in [6, 6.07) is 12.0. The van der Waals surface area contributed by atoms with Crippen LogP contribution in [0.25, 0.3) is 11.2 Å². The predicted octanol–water partition coefficient (Wildman–Crippen LogP) is 6.23. The number of imidazole rings is 1. The second kappa shape index (κ2) is 13.9. The molecular weight excluding hydrogens is 664 g/mol. The molecule has 6 rings (SSSR count). The Balaban J connectivity index is 0.000000582. The Morgan fingerprint density at radius 1 is 1.12 bits per heavy atom. The molecule has 2 aliphatic heterocycles. The Hall–Kier alpha value is -4.47. The van der Waals surface area contributed by atoms with E-state index in [1.807, 2.05) is 16.7 Å². The number of carboxylic acids is 2. The maximum absolute atomic E-state index is 14.8. The van der Waals surface area contributed by atoms with Crippen LogP contribution in [0.4, 0.5) is 17.6 Å². The van der Waals surface area contributed by atoms with Gasteiger partial charge in [0.1, 0.15) is 11.6 Å². The number of benzene rings is 2. The summed E-state index contributed by atoms with van der Waals surface area (Å²) in [7, 11) is 1.63.